The zero-order valence-electron chi connectivity index (χ0n) is 23.4. The quantitative estimate of drug-likeness (QED) is 0.475. The van der Waals surface area contributed by atoms with E-state index in [0.29, 0.717) is 19.1 Å². The zero-order chi connectivity index (χ0) is 26.8. The van der Waals surface area contributed by atoms with Crippen molar-refractivity contribution in [3.05, 3.63) is 71.4 Å². The van der Waals surface area contributed by atoms with Gasteiger partial charge in [0.1, 0.15) is 0 Å². The van der Waals surface area contributed by atoms with Crippen LogP contribution in [0.5, 0.6) is 0 Å². The van der Waals surface area contributed by atoms with E-state index in [4.69, 9.17) is 0 Å². The second-order valence-corrected chi connectivity index (χ2v) is 11.2. The van der Waals surface area contributed by atoms with E-state index in [1.54, 1.807) is 12.2 Å². The van der Waals surface area contributed by atoms with Crippen LogP contribution in [0.1, 0.15) is 53.4 Å². The number of nitrogens with zero attached hydrogens (tertiary/aromatic N) is 2. The van der Waals surface area contributed by atoms with Crippen molar-refractivity contribution in [3.8, 4) is 0 Å². The van der Waals surface area contributed by atoms with Crippen molar-refractivity contribution in [2.75, 3.05) is 39.9 Å². The van der Waals surface area contributed by atoms with Crippen LogP contribution in [-0.2, 0) is 9.59 Å². The number of amides is 2. The Kier molecular flexibility index (Phi) is 10.7. The van der Waals surface area contributed by atoms with Crippen molar-refractivity contribution in [1.82, 2.24) is 20.4 Å². The second-order valence-electron chi connectivity index (χ2n) is 11.2. The fraction of sp³-hybridized carbons (Fsp3) is 0.548. The molecule has 37 heavy (non-hydrogen) atoms. The molecule has 6 heteroatoms. The van der Waals surface area contributed by atoms with E-state index >= 15 is 0 Å². The maximum Gasteiger partial charge on any atom is 0.243 e. The largest absolute Gasteiger partial charge is 0.353 e. The summed E-state index contributed by atoms with van der Waals surface area (Å²) in [6.45, 7) is 12.8. The van der Waals surface area contributed by atoms with Gasteiger partial charge >= 0.3 is 0 Å². The molecule has 3 rings (SSSR count). The lowest BCUT2D eigenvalue weighted by Crippen LogP contribution is -2.32. The molecule has 3 aliphatic rings. The summed E-state index contributed by atoms with van der Waals surface area (Å²) in [6.07, 6.45) is 22.2. The van der Waals surface area contributed by atoms with Gasteiger partial charge in [-0.2, -0.15) is 0 Å². The number of carbonyl (C=O) groups is 2. The lowest BCUT2D eigenvalue weighted by Gasteiger charge is -2.36. The molecule has 4 unspecified atom stereocenters. The summed E-state index contributed by atoms with van der Waals surface area (Å²) in [4.78, 5) is 29.5. The Morgan fingerprint density at radius 3 is 2.41 bits per heavy atom. The summed E-state index contributed by atoms with van der Waals surface area (Å²) >= 11 is 0. The lowest BCUT2D eigenvalue weighted by atomic mass is 9.68. The molecule has 1 saturated heterocycles. The molecule has 0 aromatic carbocycles. The molecule has 0 aromatic heterocycles. The highest BCUT2D eigenvalue weighted by molar-refractivity contribution is 5.88. The molecule has 0 spiro atoms. The number of nitrogens with one attached hydrogen (secondary N) is 2. The maximum absolute atomic E-state index is 12.5. The topological polar surface area (TPSA) is 64.7 Å². The summed E-state index contributed by atoms with van der Waals surface area (Å²) in [5.41, 5.74) is 3.53. The molecule has 1 aliphatic carbocycles. The molecule has 2 amide bonds. The van der Waals surface area contributed by atoms with Gasteiger partial charge in [-0.15, -0.1) is 0 Å². The van der Waals surface area contributed by atoms with E-state index in [1.807, 2.05) is 19.1 Å². The van der Waals surface area contributed by atoms with Gasteiger partial charge in [0.05, 0.1) is 6.67 Å². The van der Waals surface area contributed by atoms with Gasteiger partial charge in [-0.25, -0.2) is 0 Å². The summed E-state index contributed by atoms with van der Waals surface area (Å²) in [5.74, 6) is 0.167. The van der Waals surface area contributed by atoms with E-state index in [9.17, 15) is 9.59 Å². The molecule has 2 heterocycles. The van der Waals surface area contributed by atoms with Crippen molar-refractivity contribution in [3.63, 3.8) is 0 Å². The SMILES string of the molecule is CC1=CC=CC2(C)CCC(C)=CC2C=C(C)C=CC(=O)NCCC2CN(CCCNC(=O)C=C1)CN2C. The fourth-order valence-electron chi connectivity index (χ4n) is 5.27. The van der Waals surface area contributed by atoms with Crippen molar-refractivity contribution >= 4 is 11.8 Å². The van der Waals surface area contributed by atoms with Crippen molar-refractivity contribution in [1.29, 1.82) is 0 Å². The first-order chi connectivity index (χ1) is 17.6. The van der Waals surface area contributed by atoms with Crippen LogP contribution in [0.3, 0.4) is 0 Å². The van der Waals surface area contributed by atoms with Crippen LogP contribution in [-0.4, -0.2) is 67.6 Å². The van der Waals surface area contributed by atoms with E-state index in [2.05, 4.69) is 78.6 Å². The second kappa shape index (κ2) is 13.7. The van der Waals surface area contributed by atoms with Crippen LogP contribution in [0.4, 0.5) is 0 Å². The van der Waals surface area contributed by atoms with Gasteiger partial charge in [-0.05, 0) is 58.9 Å². The highest BCUT2D eigenvalue weighted by Crippen LogP contribution is 2.42. The summed E-state index contributed by atoms with van der Waals surface area (Å²) in [7, 11) is 2.14. The molecule has 0 radical (unpaired) electrons. The van der Waals surface area contributed by atoms with Crippen molar-refractivity contribution < 1.29 is 9.59 Å². The van der Waals surface area contributed by atoms with E-state index in [0.717, 1.165) is 56.6 Å². The smallest absolute Gasteiger partial charge is 0.243 e. The first-order valence-electron chi connectivity index (χ1n) is 13.7. The number of allylic oxidation sites excluding steroid dienone is 10. The summed E-state index contributed by atoms with van der Waals surface area (Å²) in [5, 5.41) is 6.06. The fourth-order valence-corrected chi connectivity index (χ4v) is 5.27. The number of carbonyl (C=O) groups excluding carboxylic acids is 2. The molecule has 0 aromatic rings. The van der Waals surface area contributed by atoms with Crippen LogP contribution in [0.15, 0.2) is 71.4 Å². The molecule has 202 valence electrons. The normalized spacial score (nSPS) is 31.4. The first-order valence-corrected chi connectivity index (χ1v) is 13.7. The third-order valence-corrected chi connectivity index (χ3v) is 7.80. The average Bonchev–Trinajstić information content (AvgIpc) is 3.20. The number of likely N-dealkylation sites (N-methyl/N-ethyl adjacent to an activating group) is 1. The molecular weight excluding hydrogens is 460 g/mol. The molecule has 2 N–H and O–H groups in total. The van der Waals surface area contributed by atoms with E-state index in [-0.39, 0.29) is 23.1 Å². The standard InChI is InChI=1S/C31H46N4O2/c1-24-8-6-15-31(4)16-13-26(3)21-27(31)20-25(2)10-12-30(37)33-18-14-28-22-35(23-34(28)5)19-7-17-32-29(36)11-9-24/h6,8-12,15,20-21,27-28H,7,13-14,16-19,22-23H2,1-5H3,(H,32,36)(H,33,37). The number of fused-ring (bicyclic) bond motifs is 3. The Morgan fingerprint density at radius 2 is 1.65 bits per heavy atom. The highest BCUT2D eigenvalue weighted by atomic mass is 16.2. The third-order valence-electron chi connectivity index (χ3n) is 7.80. The lowest BCUT2D eigenvalue weighted by molar-refractivity contribution is -0.117. The Bertz CT molecular complexity index is 1000. The van der Waals surface area contributed by atoms with Gasteiger partial charge in [0.2, 0.25) is 11.8 Å². The van der Waals surface area contributed by atoms with Crippen LogP contribution >= 0.6 is 0 Å². The molecule has 2 bridgehead atoms. The van der Waals surface area contributed by atoms with Gasteiger partial charge in [0, 0.05) is 50.3 Å². The molecular formula is C31H46N4O2. The number of hydrogen-bond donors (Lipinski definition) is 2. The van der Waals surface area contributed by atoms with Crippen LogP contribution in [0.2, 0.25) is 0 Å². The minimum atomic E-state index is -0.0491. The molecule has 4 atom stereocenters. The van der Waals surface area contributed by atoms with Crippen LogP contribution < -0.4 is 10.6 Å². The molecule has 0 saturated carbocycles. The molecule has 2 aliphatic heterocycles. The first kappa shape index (κ1) is 28.9. The van der Waals surface area contributed by atoms with Gasteiger partial charge in [0.25, 0.3) is 0 Å². The Balaban J connectivity index is 1.77. The predicted octanol–water partition coefficient (Wildman–Crippen LogP) is 4.51. The Labute approximate surface area is 223 Å². The number of rotatable bonds is 0. The van der Waals surface area contributed by atoms with Gasteiger partial charge < -0.3 is 10.6 Å². The molecule has 6 nitrogen and oxygen atoms in total. The number of hydrogen-bond acceptors (Lipinski definition) is 4. The Morgan fingerprint density at radius 1 is 0.946 bits per heavy atom. The molecule has 1 fully saturated rings. The summed E-state index contributed by atoms with van der Waals surface area (Å²) < 4.78 is 0. The predicted molar refractivity (Wildman–Crippen MR) is 153 cm³/mol. The van der Waals surface area contributed by atoms with Crippen LogP contribution in [0.25, 0.3) is 0 Å². The third kappa shape index (κ3) is 9.28. The van der Waals surface area contributed by atoms with E-state index in [1.165, 1.54) is 5.57 Å². The Hall–Kier alpha value is -2.70. The highest BCUT2D eigenvalue weighted by Gasteiger charge is 2.31. The zero-order valence-corrected chi connectivity index (χ0v) is 23.4. The minimum absolute atomic E-state index is 0.0102. The monoisotopic (exact) mass is 506 g/mol. The van der Waals surface area contributed by atoms with Crippen molar-refractivity contribution in [2.45, 2.75) is 59.4 Å². The van der Waals surface area contributed by atoms with Gasteiger partial charge in [0.15, 0.2) is 0 Å². The minimum Gasteiger partial charge on any atom is -0.353 e. The summed E-state index contributed by atoms with van der Waals surface area (Å²) in [6, 6.07) is 0.427. The van der Waals surface area contributed by atoms with Crippen LogP contribution in [0, 0.1) is 11.3 Å². The van der Waals surface area contributed by atoms with Crippen molar-refractivity contribution in [2.24, 2.45) is 11.3 Å². The van der Waals surface area contributed by atoms with Gasteiger partial charge in [-0.1, -0.05) is 66.2 Å². The maximum atomic E-state index is 12.5. The van der Waals surface area contributed by atoms with Gasteiger partial charge in [-0.3, -0.25) is 19.4 Å². The average molecular weight is 507 g/mol. The van der Waals surface area contributed by atoms with E-state index < -0.39 is 0 Å².